The lowest BCUT2D eigenvalue weighted by atomic mass is 9.85. The molecule has 1 unspecified atom stereocenters. The minimum atomic E-state index is -1.40. The zero-order valence-corrected chi connectivity index (χ0v) is 16.9. The summed E-state index contributed by atoms with van der Waals surface area (Å²) in [5.41, 5.74) is -0.219. The van der Waals surface area contributed by atoms with E-state index in [0.717, 1.165) is 57.8 Å². The van der Waals surface area contributed by atoms with E-state index >= 15 is 0 Å². The van der Waals surface area contributed by atoms with Crippen LogP contribution in [0.1, 0.15) is 71.1 Å². The summed E-state index contributed by atoms with van der Waals surface area (Å²) in [7, 11) is 0. The van der Waals surface area contributed by atoms with E-state index in [9.17, 15) is 24.6 Å². The zero-order valence-electron chi connectivity index (χ0n) is 16.9. The van der Waals surface area contributed by atoms with Crippen molar-refractivity contribution in [3.05, 3.63) is 11.6 Å². The average molecular weight is 398 g/mol. The molecule has 0 spiro atoms. The molecule has 1 rings (SSSR count). The number of carbonyl (C=O) groups is 3. The monoisotopic (exact) mass is 398 g/mol. The maximum Gasteiger partial charge on any atom is 0.332 e. The molecule has 0 amide bonds. The SMILES string of the molecule is CCCCCCOCCOC(=O)CC(C(=O)O)C(=CC1CCCCC1)C(=O)O. The average Bonchev–Trinajstić information content (AvgIpc) is 2.67. The van der Waals surface area contributed by atoms with Crippen molar-refractivity contribution in [2.24, 2.45) is 11.8 Å². The number of unbranched alkanes of at least 4 members (excludes halogenated alkanes) is 3. The van der Waals surface area contributed by atoms with Gasteiger partial charge in [0.2, 0.25) is 0 Å². The Morgan fingerprint density at radius 1 is 1.00 bits per heavy atom. The number of carboxylic acid groups (broad SMARTS) is 2. The number of carboxylic acids is 2. The van der Waals surface area contributed by atoms with Crippen molar-refractivity contribution in [3.63, 3.8) is 0 Å². The molecule has 160 valence electrons. The molecule has 7 nitrogen and oxygen atoms in total. The molecule has 1 aliphatic rings. The van der Waals surface area contributed by atoms with Crippen molar-refractivity contribution < 1.29 is 34.1 Å². The van der Waals surface area contributed by atoms with Gasteiger partial charge in [0.1, 0.15) is 6.61 Å². The summed E-state index contributed by atoms with van der Waals surface area (Å²) in [6.07, 6.45) is 10.2. The van der Waals surface area contributed by atoms with E-state index < -0.39 is 30.2 Å². The molecule has 0 bridgehead atoms. The molecule has 1 atom stereocenters. The van der Waals surface area contributed by atoms with Crippen molar-refractivity contribution in [2.75, 3.05) is 19.8 Å². The summed E-state index contributed by atoms with van der Waals surface area (Å²) in [5, 5.41) is 18.9. The molecule has 28 heavy (non-hydrogen) atoms. The highest BCUT2D eigenvalue weighted by molar-refractivity contribution is 5.95. The normalized spacial score (nSPS) is 16.5. The van der Waals surface area contributed by atoms with Crippen molar-refractivity contribution in [2.45, 2.75) is 71.1 Å². The molecular formula is C21H34O7. The van der Waals surface area contributed by atoms with Crippen LogP contribution >= 0.6 is 0 Å². The molecule has 1 fully saturated rings. The molecule has 0 heterocycles. The Morgan fingerprint density at radius 2 is 1.71 bits per heavy atom. The van der Waals surface area contributed by atoms with Gasteiger partial charge in [-0.1, -0.05) is 51.5 Å². The second-order valence-corrected chi connectivity index (χ2v) is 7.31. The molecule has 0 aromatic rings. The summed E-state index contributed by atoms with van der Waals surface area (Å²) < 4.78 is 10.4. The first-order valence-electron chi connectivity index (χ1n) is 10.4. The summed E-state index contributed by atoms with van der Waals surface area (Å²) in [6.45, 7) is 3.01. The van der Waals surface area contributed by atoms with Gasteiger partial charge in [0, 0.05) is 12.2 Å². The van der Waals surface area contributed by atoms with E-state index in [-0.39, 0.29) is 24.7 Å². The lowest BCUT2D eigenvalue weighted by Crippen LogP contribution is -2.26. The van der Waals surface area contributed by atoms with E-state index in [0.29, 0.717) is 6.61 Å². The van der Waals surface area contributed by atoms with E-state index in [4.69, 9.17) is 9.47 Å². The van der Waals surface area contributed by atoms with Gasteiger partial charge in [-0.05, 0) is 25.2 Å². The maximum absolute atomic E-state index is 12.0. The predicted octanol–water partition coefficient (Wildman–Crippen LogP) is 3.81. The van der Waals surface area contributed by atoms with Crippen LogP contribution in [0.15, 0.2) is 11.6 Å². The third-order valence-corrected chi connectivity index (χ3v) is 4.99. The number of hydrogen-bond donors (Lipinski definition) is 2. The summed E-state index contributed by atoms with van der Waals surface area (Å²) in [6, 6.07) is 0. The van der Waals surface area contributed by atoms with Crippen LogP contribution in [0, 0.1) is 11.8 Å². The number of aliphatic carboxylic acids is 2. The van der Waals surface area contributed by atoms with Gasteiger partial charge >= 0.3 is 17.9 Å². The minimum absolute atomic E-state index is 0.0354. The molecule has 2 N–H and O–H groups in total. The van der Waals surface area contributed by atoms with Crippen LogP contribution in [-0.4, -0.2) is 47.9 Å². The Kier molecular flexibility index (Phi) is 12.2. The first-order chi connectivity index (χ1) is 13.5. The summed E-state index contributed by atoms with van der Waals surface area (Å²) in [4.78, 5) is 35.2. The van der Waals surface area contributed by atoms with Crippen LogP contribution in [0.3, 0.4) is 0 Å². The fraction of sp³-hybridized carbons (Fsp3) is 0.762. The number of hydrogen-bond acceptors (Lipinski definition) is 5. The number of allylic oxidation sites excluding steroid dienone is 1. The van der Waals surface area contributed by atoms with Crippen LogP contribution in [0.4, 0.5) is 0 Å². The molecule has 0 saturated heterocycles. The van der Waals surface area contributed by atoms with Crippen molar-refractivity contribution in [1.29, 1.82) is 0 Å². The Labute approximate surface area is 167 Å². The standard InChI is InChI=1S/C21H34O7/c1-2-3-4-8-11-27-12-13-28-19(22)15-18(21(25)26)17(20(23)24)14-16-9-6-5-7-10-16/h14,16,18H,2-13,15H2,1H3,(H,23,24)(H,25,26). The van der Waals surface area contributed by atoms with Gasteiger partial charge in [-0.15, -0.1) is 0 Å². The zero-order chi connectivity index (χ0) is 20.8. The fourth-order valence-electron chi connectivity index (χ4n) is 3.39. The number of carbonyl (C=O) groups excluding carboxylic acids is 1. The van der Waals surface area contributed by atoms with Crippen molar-refractivity contribution >= 4 is 17.9 Å². The van der Waals surface area contributed by atoms with E-state index in [2.05, 4.69) is 6.92 Å². The third kappa shape index (κ3) is 9.88. The maximum atomic E-state index is 12.0. The van der Waals surface area contributed by atoms with Gasteiger partial charge < -0.3 is 19.7 Å². The number of ether oxygens (including phenoxy) is 2. The van der Waals surface area contributed by atoms with Crippen LogP contribution < -0.4 is 0 Å². The molecule has 0 aromatic carbocycles. The number of esters is 1. The molecule has 0 radical (unpaired) electrons. The molecule has 7 heteroatoms. The first kappa shape index (κ1) is 24.1. The third-order valence-electron chi connectivity index (χ3n) is 4.99. The van der Waals surface area contributed by atoms with E-state index in [1.54, 1.807) is 0 Å². The highest BCUT2D eigenvalue weighted by Crippen LogP contribution is 2.28. The fourth-order valence-corrected chi connectivity index (χ4v) is 3.39. The molecule has 1 aliphatic carbocycles. The highest BCUT2D eigenvalue weighted by atomic mass is 16.6. The van der Waals surface area contributed by atoms with Crippen LogP contribution in [0.25, 0.3) is 0 Å². The minimum Gasteiger partial charge on any atom is -0.481 e. The number of rotatable bonds is 14. The quantitative estimate of drug-likeness (QED) is 0.260. The van der Waals surface area contributed by atoms with Crippen LogP contribution in [-0.2, 0) is 23.9 Å². The van der Waals surface area contributed by atoms with Crippen LogP contribution in [0.5, 0.6) is 0 Å². The first-order valence-corrected chi connectivity index (χ1v) is 10.4. The second kappa shape index (κ2) is 14.2. The lowest BCUT2D eigenvalue weighted by molar-refractivity contribution is -0.152. The van der Waals surface area contributed by atoms with Gasteiger partial charge in [0.05, 0.1) is 18.9 Å². The molecule has 1 saturated carbocycles. The Balaban J connectivity index is 2.48. The Bertz CT molecular complexity index is 521. The highest BCUT2D eigenvalue weighted by Gasteiger charge is 2.31. The largest absolute Gasteiger partial charge is 0.481 e. The van der Waals surface area contributed by atoms with Gasteiger partial charge in [0.15, 0.2) is 0 Å². The van der Waals surface area contributed by atoms with Crippen molar-refractivity contribution in [1.82, 2.24) is 0 Å². The molecular weight excluding hydrogens is 364 g/mol. The molecule has 0 aliphatic heterocycles. The molecule has 0 aromatic heterocycles. The summed E-state index contributed by atoms with van der Waals surface area (Å²) in [5.74, 6) is -4.69. The second-order valence-electron chi connectivity index (χ2n) is 7.31. The van der Waals surface area contributed by atoms with E-state index in [1.807, 2.05) is 0 Å². The Hall–Kier alpha value is -1.89. The van der Waals surface area contributed by atoms with E-state index in [1.165, 1.54) is 6.08 Å². The predicted molar refractivity (Wildman–Crippen MR) is 104 cm³/mol. The van der Waals surface area contributed by atoms with Gasteiger partial charge in [-0.3, -0.25) is 9.59 Å². The lowest BCUT2D eigenvalue weighted by Gasteiger charge is -2.20. The summed E-state index contributed by atoms with van der Waals surface area (Å²) >= 11 is 0. The van der Waals surface area contributed by atoms with Gasteiger partial charge in [0.25, 0.3) is 0 Å². The van der Waals surface area contributed by atoms with Crippen LogP contribution in [0.2, 0.25) is 0 Å². The topological polar surface area (TPSA) is 110 Å². The van der Waals surface area contributed by atoms with Gasteiger partial charge in [-0.2, -0.15) is 0 Å². The smallest absolute Gasteiger partial charge is 0.332 e. The Morgan fingerprint density at radius 3 is 2.32 bits per heavy atom. The van der Waals surface area contributed by atoms with Gasteiger partial charge in [-0.25, -0.2) is 4.79 Å². The van der Waals surface area contributed by atoms with Crippen molar-refractivity contribution in [3.8, 4) is 0 Å².